The molecule has 0 aliphatic carbocycles. The minimum Gasteiger partial charge on any atom is -0.481 e. The molecule has 34 heavy (non-hydrogen) atoms. The number of ether oxygens (including phenoxy) is 1. The van der Waals surface area contributed by atoms with Crippen molar-refractivity contribution in [2.75, 3.05) is 23.3 Å². The van der Waals surface area contributed by atoms with Crippen LogP contribution < -0.4 is 10.2 Å². The van der Waals surface area contributed by atoms with E-state index >= 15 is 0 Å². The Morgan fingerprint density at radius 1 is 1.15 bits per heavy atom. The van der Waals surface area contributed by atoms with Crippen molar-refractivity contribution in [3.63, 3.8) is 0 Å². The predicted molar refractivity (Wildman–Crippen MR) is 128 cm³/mol. The number of carbonyl (C=O) groups is 2. The third-order valence-corrected chi connectivity index (χ3v) is 6.10. The topological polar surface area (TPSA) is 110 Å². The molecule has 1 saturated heterocycles. The highest BCUT2D eigenvalue weighted by Crippen LogP contribution is 2.26. The van der Waals surface area contributed by atoms with E-state index in [-0.39, 0.29) is 12.3 Å². The second kappa shape index (κ2) is 10.4. The molecule has 0 saturated carbocycles. The molecule has 1 amide bonds. The van der Waals surface area contributed by atoms with Crippen molar-refractivity contribution >= 4 is 23.7 Å². The number of carboxylic acids is 1. The first-order valence-electron chi connectivity index (χ1n) is 11.4. The highest BCUT2D eigenvalue weighted by Gasteiger charge is 2.22. The zero-order valence-corrected chi connectivity index (χ0v) is 19.3. The number of nitrogens with zero attached hydrogens (tertiary/aromatic N) is 4. The van der Waals surface area contributed by atoms with Crippen LogP contribution in [0.2, 0.25) is 0 Å². The van der Waals surface area contributed by atoms with Gasteiger partial charge in [0.1, 0.15) is 17.7 Å². The van der Waals surface area contributed by atoms with Crippen molar-refractivity contribution in [1.82, 2.24) is 14.8 Å². The van der Waals surface area contributed by atoms with Gasteiger partial charge in [0.05, 0.1) is 18.1 Å². The number of carbonyl (C=O) groups excluding carboxylic acids is 1. The molecule has 178 valence electrons. The van der Waals surface area contributed by atoms with Gasteiger partial charge in [-0.3, -0.25) is 10.1 Å². The number of nitrogens with one attached hydrogen (secondary N) is 1. The highest BCUT2D eigenvalue weighted by atomic mass is 16.6. The van der Waals surface area contributed by atoms with Gasteiger partial charge < -0.3 is 14.7 Å². The van der Waals surface area contributed by atoms with E-state index in [9.17, 15) is 9.59 Å². The van der Waals surface area contributed by atoms with Gasteiger partial charge in [0.15, 0.2) is 0 Å². The Bertz CT molecular complexity index is 1120. The molecule has 0 radical (unpaired) electrons. The van der Waals surface area contributed by atoms with Gasteiger partial charge in [0, 0.05) is 25.1 Å². The van der Waals surface area contributed by atoms with E-state index in [0.29, 0.717) is 11.5 Å². The first-order valence-corrected chi connectivity index (χ1v) is 11.4. The molecule has 3 aromatic rings. The summed E-state index contributed by atoms with van der Waals surface area (Å²) in [5, 5.41) is 16.2. The number of hydrogen-bond acceptors (Lipinski definition) is 6. The van der Waals surface area contributed by atoms with Crippen LogP contribution in [-0.4, -0.2) is 45.0 Å². The number of benzene rings is 1. The number of hydrogen-bond donors (Lipinski definition) is 2. The monoisotopic (exact) mass is 463 g/mol. The second-order valence-corrected chi connectivity index (χ2v) is 8.57. The van der Waals surface area contributed by atoms with Crippen LogP contribution in [0.3, 0.4) is 0 Å². The lowest BCUT2D eigenvalue weighted by molar-refractivity contribution is -0.138. The van der Waals surface area contributed by atoms with Gasteiger partial charge in [-0.15, -0.1) is 0 Å². The van der Waals surface area contributed by atoms with E-state index in [1.807, 2.05) is 56.3 Å². The van der Waals surface area contributed by atoms with Crippen molar-refractivity contribution < 1.29 is 19.4 Å². The van der Waals surface area contributed by atoms with Gasteiger partial charge in [-0.25, -0.2) is 14.5 Å². The first-order chi connectivity index (χ1) is 16.4. The molecule has 1 aliphatic heterocycles. The molecule has 3 heterocycles. The maximum atomic E-state index is 12.6. The van der Waals surface area contributed by atoms with Gasteiger partial charge in [0.2, 0.25) is 0 Å². The number of aliphatic carboxylic acids is 1. The summed E-state index contributed by atoms with van der Waals surface area (Å²) in [4.78, 5) is 30.2. The predicted octanol–water partition coefficient (Wildman–Crippen LogP) is 4.58. The number of rotatable bonds is 7. The largest absolute Gasteiger partial charge is 0.481 e. The van der Waals surface area contributed by atoms with Crippen molar-refractivity contribution in [1.29, 1.82) is 0 Å². The number of piperidine rings is 1. The Hall–Kier alpha value is -3.88. The lowest BCUT2D eigenvalue weighted by Gasteiger charge is -2.32. The Labute approximate surface area is 198 Å². The maximum absolute atomic E-state index is 12.6. The summed E-state index contributed by atoms with van der Waals surface area (Å²) in [5.41, 5.74) is 2.42. The fourth-order valence-electron chi connectivity index (χ4n) is 4.16. The lowest BCUT2D eigenvalue weighted by atomic mass is 9.94. The molecule has 4 rings (SSSR count). The van der Waals surface area contributed by atoms with Crippen LogP contribution in [0.1, 0.15) is 43.4 Å². The SMILES string of the molecule is Cc1cnn(-c2ccc(N3CCC(CC(=O)O)CC3)nc2)c1NC(=O)OC(C)c1ccccc1. The third kappa shape index (κ3) is 5.54. The van der Waals surface area contributed by atoms with Crippen LogP contribution in [0.15, 0.2) is 54.9 Å². The molecule has 1 fully saturated rings. The average molecular weight is 464 g/mol. The normalized spacial score (nSPS) is 15.1. The second-order valence-electron chi connectivity index (χ2n) is 8.57. The number of carboxylic acid groups (broad SMARTS) is 1. The molecule has 9 heteroatoms. The Kier molecular flexibility index (Phi) is 7.10. The van der Waals surface area contributed by atoms with E-state index in [2.05, 4.69) is 20.3 Å². The average Bonchev–Trinajstić information content (AvgIpc) is 3.19. The molecule has 1 aromatic carbocycles. The van der Waals surface area contributed by atoms with Crippen molar-refractivity contribution in [2.24, 2.45) is 5.92 Å². The van der Waals surface area contributed by atoms with Crippen molar-refractivity contribution in [3.8, 4) is 5.69 Å². The number of amides is 1. The van der Waals surface area contributed by atoms with Crippen LogP contribution in [0.5, 0.6) is 0 Å². The lowest BCUT2D eigenvalue weighted by Crippen LogP contribution is -2.34. The van der Waals surface area contributed by atoms with Crippen LogP contribution in [0.4, 0.5) is 16.4 Å². The van der Waals surface area contributed by atoms with Gasteiger partial charge in [-0.1, -0.05) is 30.3 Å². The van der Waals surface area contributed by atoms with E-state index < -0.39 is 18.2 Å². The molecule has 0 spiro atoms. The molecule has 2 aromatic heterocycles. The van der Waals surface area contributed by atoms with Crippen molar-refractivity contribution in [2.45, 2.75) is 39.2 Å². The summed E-state index contributed by atoms with van der Waals surface area (Å²) >= 11 is 0. The molecular formula is C25H29N5O4. The summed E-state index contributed by atoms with van der Waals surface area (Å²) in [5.74, 6) is 0.845. The summed E-state index contributed by atoms with van der Waals surface area (Å²) < 4.78 is 7.16. The fraction of sp³-hybridized carbons (Fsp3) is 0.360. The molecular weight excluding hydrogens is 434 g/mol. The quantitative estimate of drug-likeness (QED) is 0.528. The van der Waals surface area contributed by atoms with E-state index in [1.54, 1.807) is 17.1 Å². The number of pyridine rings is 1. The summed E-state index contributed by atoms with van der Waals surface area (Å²) in [6.07, 6.45) is 4.35. The molecule has 1 atom stereocenters. The maximum Gasteiger partial charge on any atom is 0.413 e. The Morgan fingerprint density at radius 3 is 2.53 bits per heavy atom. The van der Waals surface area contributed by atoms with Crippen LogP contribution in [-0.2, 0) is 9.53 Å². The first kappa shape index (κ1) is 23.3. The molecule has 0 bridgehead atoms. The van der Waals surface area contributed by atoms with E-state index in [0.717, 1.165) is 42.9 Å². The van der Waals surface area contributed by atoms with Crippen LogP contribution >= 0.6 is 0 Å². The van der Waals surface area contributed by atoms with Gasteiger partial charge in [0.25, 0.3) is 0 Å². The summed E-state index contributed by atoms with van der Waals surface area (Å²) in [7, 11) is 0. The zero-order chi connectivity index (χ0) is 24.1. The smallest absolute Gasteiger partial charge is 0.413 e. The van der Waals surface area contributed by atoms with Gasteiger partial charge in [-0.2, -0.15) is 5.10 Å². The summed E-state index contributed by atoms with van der Waals surface area (Å²) in [6, 6.07) is 13.4. The molecule has 1 aliphatic rings. The van der Waals surface area contributed by atoms with E-state index in [1.165, 1.54) is 0 Å². The Morgan fingerprint density at radius 2 is 1.88 bits per heavy atom. The van der Waals surface area contributed by atoms with E-state index in [4.69, 9.17) is 9.84 Å². The zero-order valence-electron chi connectivity index (χ0n) is 19.3. The third-order valence-electron chi connectivity index (χ3n) is 6.10. The molecule has 9 nitrogen and oxygen atoms in total. The minimum absolute atomic E-state index is 0.220. The van der Waals surface area contributed by atoms with Gasteiger partial charge >= 0.3 is 12.1 Å². The highest BCUT2D eigenvalue weighted by molar-refractivity contribution is 5.85. The number of aromatic nitrogens is 3. The van der Waals surface area contributed by atoms with Crippen LogP contribution in [0, 0.1) is 12.8 Å². The van der Waals surface area contributed by atoms with Gasteiger partial charge in [-0.05, 0) is 50.3 Å². The molecule has 2 N–H and O–H groups in total. The number of anilines is 2. The number of aryl methyl sites for hydroxylation is 1. The summed E-state index contributed by atoms with van der Waals surface area (Å²) in [6.45, 7) is 5.25. The fourth-order valence-corrected chi connectivity index (χ4v) is 4.16. The minimum atomic E-state index is -0.738. The van der Waals surface area contributed by atoms with Crippen LogP contribution in [0.25, 0.3) is 5.69 Å². The molecule has 1 unspecified atom stereocenters. The standard InChI is InChI=1S/C25H29N5O4/c1-17-15-27-30(24(17)28-25(33)34-18(2)20-6-4-3-5-7-20)21-8-9-22(26-16-21)29-12-10-19(11-13-29)14-23(31)32/h3-9,15-16,18-19H,10-14H2,1-2H3,(H,28,33)(H,31,32). The Balaban J connectivity index is 1.40. The van der Waals surface area contributed by atoms with Crippen molar-refractivity contribution in [3.05, 3.63) is 66.0 Å².